The van der Waals surface area contributed by atoms with Crippen LogP contribution >= 0.6 is 23.4 Å². The summed E-state index contributed by atoms with van der Waals surface area (Å²) in [6, 6.07) is 4.65. The Morgan fingerprint density at radius 1 is 1.62 bits per heavy atom. The van der Waals surface area contributed by atoms with E-state index in [0.717, 1.165) is 11.8 Å². The molecule has 13 heavy (non-hydrogen) atoms. The maximum atomic E-state index is 10.9. The lowest BCUT2D eigenvalue weighted by molar-refractivity contribution is 0.0997. The van der Waals surface area contributed by atoms with E-state index in [2.05, 4.69) is 0 Å². The third kappa shape index (κ3) is 2.38. The molecule has 0 spiro atoms. The topological polar surface area (TPSA) is 66.9 Å². The largest absolute Gasteiger partial charge is 0.366 e. The van der Waals surface area contributed by atoms with Gasteiger partial charge >= 0.3 is 0 Å². The molecular formula is C8H5ClN2OS. The van der Waals surface area contributed by atoms with Gasteiger partial charge in [-0.1, -0.05) is 11.6 Å². The molecule has 1 aromatic carbocycles. The van der Waals surface area contributed by atoms with E-state index in [1.54, 1.807) is 12.1 Å². The fourth-order valence-electron chi connectivity index (χ4n) is 0.833. The van der Waals surface area contributed by atoms with Gasteiger partial charge in [0, 0.05) is 9.92 Å². The van der Waals surface area contributed by atoms with Crippen molar-refractivity contribution in [3.8, 4) is 5.40 Å². The highest BCUT2D eigenvalue weighted by molar-refractivity contribution is 8.03. The summed E-state index contributed by atoms with van der Waals surface area (Å²) in [5, 5.41) is 10.7. The molecule has 1 rings (SSSR count). The van der Waals surface area contributed by atoms with Gasteiger partial charge in [0.2, 0.25) is 5.91 Å². The first-order valence-electron chi connectivity index (χ1n) is 3.30. The van der Waals surface area contributed by atoms with E-state index >= 15 is 0 Å². The number of hydrogen-bond acceptors (Lipinski definition) is 3. The Morgan fingerprint density at radius 3 is 2.85 bits per heavy atom. The van der Waals surface area contributed by atoms with Crippen LogP contribution in [0, 0.1) is 10.7 Å². The van der Waals surface area contributed by atoms with Crippen molar-refractivity contribution in [2.24, 2.45) is 5.73 Å². The number of carbonyl (C=O) groups excluding carboxylic acids is 1. The quantitative estimate of drug-likeness (QED) is 0.602. The van der Waals surface area contributed by atoms with Crippen LogP contribution in [0.5, 0.6) is 0 Å². The molecule has 0 bridgehead atoms. The Hall–Kier alpha value is -1.18. The van der Waals surface area contributed by atoms with Crippen molar-refractivity contribution >= 4 is 29.3 Å². The van der Waals surface area contributed by atoms with E-state index in [4.69, 9.17) is 22.6 Å². The third-order valence-electron chi connectivity index (χ3n) is 1.36. The first-order valence-corrected chi connectivity index (χ1v) is 4.50. The van der Waals surface area contributed by atoms with Crippen LogP contribution in [0.4, 0.5) is 0 Å². The number of primary amides is 1. The molecule has 3 nitrogen and oxygen atoms in total. The lowest BCUT2D eigenvalue weighted by Gasteiger charge is -2.01. The van der Waals surface area contributed by atoms with Crippen LogP contribution in [0.2, 0.25) is 5.02 Å². The molecule has 66 valence electrons. The highest BCUT2D eigenvalue weighted by atomic mass is 35.5. The number of nitrogens with zero attached hydrogens (tertiary/aromatic N) is 1. The minimum atomic E-state index is -0.583. The fourth-order valence-corrected chi connectivity index (χ4v) is 1.51. The Balaban J connectivity index is 3.20. The van der Waals surface area contributed by atoms with Crippen molar-refractivity contribution in [1.82, 2.24) is 0 Å². The molecule has 0 fully saturated rings. The van der Waals surface area contributed by atoms with Crippen molar-refractivity contribution in [3.05, 3.63) is 28.8 Å². The van der Waals surface area contributed by atoms with E-state index < -0.39 is 5.91 Å². The van der Waals surface area contributed by atoms with Gasteiger partial charge in [-0.3, -0.25) is 4.79 Å². The molecule has 0 aromatic heterocycles. The Morgan fingerprint density at radius 2 is 2.31 bits per heavy atom. The molecule has 0 unspecified atom stereocenters. The lowest BCUT2D eigenvalue weighted by atomic mass is 10.2. The van der Waals surface area contributed by atoms with Crippen molar-refractivity contribution in [2.45, 2.75) is 4.90 Å². The summed E-state index contributed by atoms with van der Waals surface area (Å²) >= 11 is 6.55. The normalized spacial score (nSPS) is 9.23. The number of nitrogens with two attached hydrogens (primary N) is 1. The van der Waals surface area contributed by atoms with Crippen LogP contribution in [0.3, 0.4) is 0 Å². The fraction of sp³-hybridized carbons (Fsp3) is 0. The van der Waals surface area contributed by atoms with Crippen molar-refractivity contribution in [1.29, 1.82) is 5.26 Å². The standard InChI is InChI=1S/C8H5ClN2OS/c9-5-1-2-7(13-4-10)6(3-5)8(11)12/h1-3H,(H2,11,12). The Labute approximate surface area is 84.5 Å². The van der Waals surface area contributed by atoms with Crippen LogP contribution in [0.1, 0.15) is 10.4 Å². The lowest BCUT2D eigenvalue weighted by Crippen LogP contribution is -2.11. The van der Waals surface area contributed by atoms with Crippen LogP contribution in [-0.4, -0.2) is 5.91 Å². The van der Waals surface area contributed by atoms with Gasteiger partial charge in [-0.25, -0.2) is 0 Å². The molecule has 0 aliphatic rings. The molecule has 0 atom stereocenters. The second-order valence-corrected chi connectivity index (χ2v) is 3.46. The molecule has 0 saturated heterocycles. The Bertz CT molecular complexity index is 386. The highest BCUT2D eigenvalue weighted by Gasteiger charge is 2.08. The van der Waals surface area contributed by atoms with Gasteiger partial charge in [-0.2, -0.15) is 5.26 Å². The number of rotatable bonds is 2. The molecule has 5 heteroatoms. The minimum Gasteiger partial charge on any atom is -0.366 e. The average Bonchev–Trinajstić information content (AvgIpc) is 2.08. The van der Waals surface area contributed by atoms with E-state index in [0.29, 0.717) is 9.92 Å². The number of halogens is 1. The molecule has 1 amide bonds. The SMILES string of the molecule is N#CSc1ccc(Cl)cc1C(N)=O. The summed E-state index contributed by atoms with van der Waals surface area (Å²) in [5.41, 5.74) is 5.37. The van der Waals surface area contributed by atoms with E-state index in [9.17, 15) is 4.79 Å². The number of thioether (sulfide) groups is 1. The predicted octanol–water partition coefficient (Wildman–Crippen LogP) is 2.01. The summed E-state index contributed by atoms with van der Waals surface area (Å²) in [5.74, 6) is -0.583. The molecule has 0 heterocycles. The van der Waals surface area contributed by atoms with E-state index in [1.807, 2.05) is 5.40 Å². The second-order valence-electron chi connectivity index (χ2n) is 2.20. The number of nitriles is 1. The predicted molar refractivity (Wildman–Crippen MR) is 51.4 cm³/mol. The van der Waals surface area contributed by atoms with Gasteiger partial charge in [0.15, 0.2) is 0 Å². The van der Waals surface area contributed by atoms with Gasteiger partial charge in [0.05, 0.1) is 5.56 Å². The average molecular weight is 213 g/mol. The number of hydrogen-bond donors (Lipinski definition) is 1. The van der Waals surface area contributed by atoms with Crippen molar-refractivity contribution < 1.29 is 4.79 Å². The first kappa shape index (κ1) is 9.90. The molecule has 1 aromatic rings. The summed E-state index contributed by atoms with van der Waals surface area (Å²) in [4.78, 5) is 11.4. The zero-order valence-corrected chi connectivity index (χ0v) is 8.02. The van der Waals surface area contributed by atoms with Crippen LogP contribution < -0.4 is 5.73 Å². The van der Waals surface area contributed by atoms with E-state index in [-0.39, 0.29) is 5.56 Å². The van der Waals surface area contributed by atoms with Crippen LogP contribution in [-0.2, 0) is 0 Å². The summed E-state index contributed by atoms with van der Waals surface area (Å²) in [7, 11) is 0. The van der Waals surface area contributed by atoms with Crippen LogP contribution in [0.25, 0.3) is 0 Å². The molecule has 2 N–H and O–H groups in total. The molecular weight excluding hydrogens is 208 g/mol. The molecule has 0 radical (unpaired) electrons. The number of benzene rings is 1. The third-order valence-corrected chi connectivity index (χ3v) is 2.26. The first-order chi connectivity index (χ1) is 6.15. The zero-order chi connectivity index (χ0) is 9.84. The van der Waals surface area contributed by atoms with Crippen LogP contribution in [0.15, 0.2) is 23.1 Å². The van der Waals surface area contributed by atoms with E-state index in [1.165, 1.54) is 6.07 Å². The summed E-state index contributed by atoms with van der Waals surface area (Å²) < 4.78 is 0. The van der Waals surface area contributed by atoms with Gasteiger partial charge in [0.25, 0.3) is 0 Å². The van der Waals surface area contributed by atoms with Crippen molar-refractivity contribution in [3.63, 3.8) is 0 Å². The summed E-state index contributed by atoms with van der Waals surface area (Å²) in [6.07, 6.45) is 0. The van der Waals surface area contributed by atoms with Gasteiger partial charge in [0.1, 0.15) is 5.40 Å². The van der Waals surface area contributed by atoms with Gasteiger partial charge < -0.3 is 5.73 Å². The maximum absolute atomic E-state index is 10.9. The summed E-state index contributed by atoms with van der Waals surface area (Å²) in [6.45, 7) is 0. The number of carbonyl (C=O) groups is 1. The zero-order valence-electron chi connectivity index (χ0n) is 6.45. The molecule has 0 saturated carbocycles. The van der Waals surface area contributed by atoms with Crippen molar-refractivity contribution in [2.75, 3.05) is 0 Å². The van der Waals surface area contributed by atoms with Gasteiger partial charge in [-0.15, -0.1) is 0 Å². The monoisotopic (exact) mass is 212 g/mol. The van der Waals surface area contributed by atoms with Gasteiger partial charge in [-0.05, 0) is 30.0 Å². The number of amides is 1. The minimum absolute atomic E-state index is 0.277. The number of thiocyanates is 1. The maximum Gasteiger partial charge on any atom is 0.249 e. The molecule has 0 aliphatic heterocycles. The highest BCUT2D eigenvalue weighted by Crippen LogP contribution is 2.24. The molecule has 0 aliphatic carbocycles. The second kappa shape index (κ2) is 4.17. The Kier molecular flexibility index (Phi) is 3.18. The smallest absolute Gasteiger partial charge is 0.249 e.